The third kappa shape index (κ3) is 5.30. The van der Waals surface area contributed by atoms with Crippen LogP contribution in [0.25, 0.3) is 0 Å². The normalized spacial score (nSPS) is 11.9. The number of unbranched alkanes of at least 4 members (excludes halogenated alkanes) is 1. The molecule has 4 nitrogen and oxygen atoms in total. The van der Waals surface area contributed by atoms with Crippen LogP contribution in [-0.4, -0.2) is 32.8 Å². The summed E-state index contributed by atoms with van der Waals surface area (Å²) in [4.78, 5) is 11.4. The van der Waals surface area contributed by atoms with Gasteiger partial charge in [0.05, 0.1) is 7.11 Å². The predicted molar refractivity (Wildman–Crippen MR) is 75.4 cm³/mol. The SMILES string of the molecule is CCCCc1ccc(OCC(NC)C(=O)OC)cc1. The Morgan fingerprint density at radius 2 is 2.00 bits per heavy atom. The van der Waals surface area contributed by atoms with E-state index in [9.17, 15) is 4.79 Å². The van der Waals surface area contributed by atoms with E-state index in [-0.39, 0.29) is 12.6 Å². The van der Waals surface area contributed by atoms with Gasteiger partial charge in [0.2, 0.25) is 0 Å². The van der Waals surface area contributed by atoms with Gasteiger partial charge in [-0.15, -0.1) is 0 Å². The molecule has 0 aromatic heterocycles. The molecule has 106 valence electrons. The number of hydrogen-bond acceptors (Lipinski definition) is 4. The van der Waals surface area contributed by atoms with Crippen LogP contribution in [0.4, 0.5) is 0 Å². The van der Waals surface area contributed by atoms with Crippen molar-refractivity contribution in [1.29, 1.82) is 0 Å². The van der Waals surface area contributed by atoms with Gasteiger partial charge < -0.3 is 14.8 Å². The number of esters is 1. The van der Waals surface area contributed by atoms with Crippen LogP contribution in [0.3, 0.4) is 0 Å². The number of benzene rings is 1. The quantitative estimate of drug-likeness (QED) is 0.732. The summed E-state index contributed by atoms with van der Waals surface area (Å²) in [7, 11) is 3.08. The van der Waals surface area contributed by atoms with Gasteiger partial charge in [-0.05, 0) is 37.6 Å². The summed E-state index contributed by atoms with van der Waals surface area (Å²) in [5.74, 6) is 0.450. The first-order valence-corrected chi connectivity index (χ1v) is 6.68. The summed E-state index contributed by atoms with van der Waals surface area (Å²) in [6.45, 7) is 2.44. The first-order valence-electron chi connectivity index (χ1n) is 6.68. The fourth-order valence-electron chi connectivity index (χ4n) is 1.72. The fraction of sp³-hybridized carbons (Fsp3) is 0.533. The highest BCUT2D eigenvalue weighted by Gasteiger charge is 2.17. The maximum atomic E-state index is 11.4. The molecule has 0 saturated carbocycles. The average molecular weight is 265 g/mol. The molecule has 0 aliphatic heterocycles. The van der Waals surface area contributed by atoms with Crippen LogP contribution in [0.5, 0.6) is 5.75 Å². The van der Waals surface area contributed by atoms with E-state index >= 15 is 0 Å². The molecule has 1 rings (SSSR count). The summed E-state index contributed by atoms with van der Waals surface area (Å²) >= 11 is 0. The van der Waals surface area contributed by atoms with Crippen molar-refractivity contribution >= 4 is 5.97 Å². The summed E-state index contributed by atoms with van der Waals surface area (Å²) in [5, 5.41) is 2.86. The summed E-state index contributed by atoms with van der Waals surface area (Å²) < 4.78 is 10.3. The molecule has 0 bridgehead atoms. The Balaban J connectivity index is 2.46. The zero-order valence-corrected chi connectivity index (χ0v) is 11.9. The highest BCUT2D eigenvalue weighted by atomic mass is 16.5. The monoisotopic (exact) mass is 265 g/mol. The van der Waals surface area contributed by atoms with Crippen LogP contribution in [0.2, 0.25) is 0 Å². The third-order valence-corrected chi connectivity index (χ3v) is 2.99. The maximum Gasteiger partial charge on any atom is 0.326 e. The minimum absolute atomic E-state index is 0.261. The third-order valence-electron chi connectivity index (χ3n) is 2.99. The Morgan fingerprint density at radius 1 is 1.32 bits per heavy atom. The van der Waals surface area contributed by atoms with Crippen molar-refractivity contribution in [1.82, 2.24) is 5.32 Å². The molecule has 1 aromatic carbocycles. The molecule has 1 aromatic rings. The number of likely N-dealkylation sites (N-methyl/N-ethyl adjacent to an activating group) is 1. The van der Waals surface area contributed by atoms with Gasteiger partial charge in [0.25, 0.3) is 0 Å². The Bertz CT molecular complexity index is 375. The number of hydrogen-bond donors (Lipinski definition) is 1. The van der Waals surface area contributed by atoms with E-state index in [2.05, 4.69) is 29.1 Å². The van der Waals surface area contributed by atoms with Gasteiger partial charge in [-0.3, -0.25) is 4.79 Å². The highest BCUT2D eigenvalue weighted by molar-refractivity contribution is 5.75. The second kappa shape index (κ2) is 8.53. The van der Waals surface area contributed by atoms with Gasteiger partial charge in [0.1, 0.15) is 18.4 Å². The fourth-order valence-corrected chi connectivity index (χ4v) is 1.72. The lowest BCUT2D eigenvalue weighted by molar-refractivity contribution is -0.143. The standard InChI is InChI=1S/C15H23NO3/c1-4-5-6-12-7-9-13(10-8-12)19-11-14(16-2)15(17)18-3/h7-10,14,16H,4-6,11H2,1-3H3. The zero-order chi connectivity index (χ0) is 14.1. The molecule has 0 fully saturated rings. The van der Waals surface area contributed by atoms with E-state index < -0.39 is 6.04 Å². The van der Waals surface area contributed by atoms with E-state index in [4.69, 9.17) is 4.74 Å². The van der Waals surface area contributed by atoms with Crippen LogP contribution < -0.4 is 10.1 Å². The Labute approximate surface area is 115 Å². The van der Waals surface area contributed by atoms with Crippen molar-refractivity contribution in [2.24, 2.45) is 0 Å². The lowest BCUT2D eigenvalue weighted by Gasteiger charge is -2.14. The molecule has 0 radical (unpaired) electrons. The molecule has 19 heavy (non-hydrogen) atoms. The molecule has 0 aliphatic carbocycles. The lowest BCUT2D eigenvalue weighted by atomic mass is 10.1. The number of methoxy groups -OCH3 is 1. The summed E-state index contributed by atoms with van der Waals surface area (Å²) in [5.41, 5.74) is 1.31. The van der Waals surface area contributed by atoms with Crippen LogP contribution in [0.1, 0.15) is 25.3 Å². The van der Waals surface area contributed by atoms with Crippen molar-refractivity contribution in [2.75, 3.05) is 20.8 Å². The van der Waals surface area contributed by atoms with Gasteiger partial charge in [0.15, 0.2) is 0 Å². The second-order valence-electron chi connectivity index (χ2n) is 4.42. The molecule has 1 unspecified atom stereocenters. The van der Waals surface area contributed by atoms with Crippen LogP contribution in [0, 0.1) is 0 Å². The molecule has 0 heterocycles. The number of carbonyl (C=O) groups is 1. The van der Waals surface area contributed by atoms with Crippen LogP contribution >= 0.6 is 0 Å². The number of nitrogens with one attached hydrogen (secondary N) is 1. The zero-order valence-electron chi connectivity index (χ0n) is 11.9. The minimum atomic E-state index is -0.440. The number of carbonyl (C=O) groups excluding carboxylic acids is 1. The number of rotatable bonds is 8. The molecule has 4 heteroatoms. The van der Waals surface area contributed by atoms with E-state index in [1.165, 1.54) is 25.5 Å². The molecule has 0 amide bonds. The lowest BCUT2D eigenvalue weighted by Crippen LogP contribution is -2.40. The maximum absolute atomic E-state index is 11.4. The number of aryl methyl sites for hydroxylation is 1. The minimum Gasteiger partial charge on any atom is -0.491 e. The van der Waals surface area contributed by atoms with Gasteiger partial charge in [-0.1, -0.05) is 25.5 Å². The molecule has 0 saturated heterocycles. The summed E-state index contributed by atoms with van der Waals surface area (Å²) in [6.07, 6.45) is 3.49. The topological polar surface area (TPSA) is 47.6 Å². The molecule has 1 atom stereocenters. The highest BCUT2D eigenvalue weighted by Crippen LogP contribution is 2.14. The van der Waals surface area contributed by atoms with Crippen molar-refractivity contribution in [3.05, 3.63) is 29.8 Å². The average Bonchev–Trinajstić information content (AvgIpc) is 2.46. The van der Waals surface area contributed by atoms with E-state index in [1.807, 2.05) is 12.1 Å². The molecular weight excluding hydrogens is 242 g/mol. The second-order valence-corrected chi connectivity index (χ2v) is 4.42. The smallest absolute Gasteiger partial charge is 0.326 e. The van der Waals surface area contributed by atoms with Gasteiger partial charge in [-0.2, -0.15) is 0 Å². The van der Waals surface area contributed by atoms with Crippen LogP contribution in [0.15, 0.2) is 24.3 Å². The van der Waals surface area contributed by atoms with Crippen molar-refractivity contribution in [2.45, 2.75) is 32.2 Å². The van der Waals surface area contributed by atoms with Crippen LogP contribution in [-0.2, 0) is 16.0 Å². The summed E-state index contributed by atoms with van der Waals surface area (Å²) in [6, 6.07) is 7.57. The largest absolute Gasteiger partial charge is 0.491 e. The molecular formula is C15H23NO3. The molecule has 0 spiro atoms. The van der Waals surface area contributed by atoms with E-state index in [1.54, 1.807) is 7.05 Å². The predicted octanol–water partition coefficient (Wildman–Crippen LogP) is 2.17. The first kappa shape index (κ1) is 15.5. The van der Waals surface area contributed by atoms with Crippen molar-refractivity contribution < 1.29 is 14.3 Å². The Hall–Kier alpha value is -1.55. The van der Waals surface area contributed by atoms with Crippen molar-refractivity contribution in [3.8, 4) is 5.75 Å². The molecule has 0 aliphatic rings. The van der Waals surface area contributed by atoms with E-state index in [0.717, 1.165) is 12.2 Å². The Morgan fingerprint density at radius 3 is 2.53 bits per heavy atom. The van der Waals surface area contributed by atoms with Gasteiger partial charge >= 0.3 is 5.97 Å². The van der Waals surface area contributed by atoms with E-state index in [0.29, 0.717) is 0 Å². The molecule has 1 N–H and O–H groups in total. The number of ether oxygens (including phenoxy) is 2. The van der Waals surface area contributed by atoms with Gasteiger partial charge in [-0.25, -0.2) is 0 Å². The first-order chi connectivity index (χ1) is 9.21. The Kier molecular flexibility index (Phi) is 6.97. The van der Waals surface area contributed by atoms with Gasteiger partial charge in [0, 0.05) is 0 Å². The van der Waals surface area contributed by atoms with Crippen molar-refractivity contribution in [3.63, 3.8) is 0 Å².